The van der Waals surface area contributed by atoms with Crippen LogP contribution in [-0.4, -0.2) is 42.0 Å². The van der Waals surface area contributed by atoms with E-state index in [-0.39, 0.29) is 30.7 Å². The van der Waals surface area contributed by atoms with Gasteiger partial charge in [0.25, 0.3) is 5.91 Å². The van der Waals surface area contributed by atoms with Crippen LogP contribution in [0.15, 0.2) is 48.5 Å². The molecular formula is C20H19NO5S. The molecule has 2 atom stereocenters. The zero-order valence-electron chi connectivity index (χ0n) is 14.8. The maximum Gasteiger partial charge on any atom is 0.329 e. The van der Waals surface area contributed by atoms with Crippen LogP contribution >= 0.6 is 11.8 Å². The normalized spacial score (nSPS) is 20.6. The van der Waals surface area contributed by atoms with Crippen LogP contribution in [0.2, 0.25) is 0 Å². The van der Waals surface area contributed by atoms with Crippen LogP contribution in [0.25, 0.3) is 0 Å². The molecule has 0 bridgehead atoms. The van der Waals surface area contributed by atoms with E-state index in [0.29, 0.717) is 22.8 Å². The van der Waals surface area contributed by atoms with E-state index in [1.165, 1.54) is 0 Å². The number of ether oxygens (including phenoxy) is 3. The number of rotatable bonds is 4. The van der Waals surface area contributed by atoms with Crippen LogP contribution in [0, 0.1) is 0 Å². The Hall–Kier alpha value is -2.67. The summed E-state index contributed by atoms with van der Waals surface area (Å²) in [6.45, 7) is 2.19. The molecule has 0 aliphatic carbocycles. The van der Waals surface area contributed by atoms with Gasteiger partial charge in [0.15, 0.2) is 11.5 Å². The van der Waals surface area contributed by atoms with E-state index in [1.807, 2.05) is 30.3 Å². The van der Waals surface area contributed by atoms with Crippen LogP contribution in [0.5, 0.6) is 11.5 Å². The molecule has 27 heavy (non-hydrogen) atoms. The average Bonchev–Trinajstić information content (AvgIpc) is 3.34. The fraction of sp³-hybridized carbons (Fsp3) is 0.300. The van der Waals surface area contributed by atoms with Crippen molar-refractivity contribution in [3.05, 3.63) is 59.7 Å². The molecule has 0 spiro atoms. The second kappa shape index (κ2) is 7.52. The summed E-state index contributed by atoms with van der Waals surface area (Å²) in [4.78, 5) is 27.5. The largest absolute Gasteiger partial charge is 0.464 e. The summed E-state index contributed by atoms with van der Waals surface area (Å²) < 4.78 is 15.9. The molecule has 4 rings (SSSR count). The Labute approximate surface area is 161 Å². The monoisotopic (exact) mass is 385 g/mol. The quantitative estimate of drug-likeness (QED) is 0.753. The smallest absolute Gasteiger partial charge is 0.329 e. The van der Waals surface area contributed by atoms with Crippen LogP contribution in [0.4, 0.5) is 0 Å². The highest BCUT2D eigenvalue weighted by Crippen LogP contribution is 2.43. The summed E-state index contributed by atoms with van der Waals surface area (Å²) >= 11 is 1.56. The Morgan fingerprint density at radius 1 is 1.15 bits per heavy atom. The molecule has 2 aliphatic rings. The average molecular weight is 385 g/mol. The van der Waals surface area contributed by atoms with Crippen LogP contribution in [0.3, 0.4) is 0 Å². The van der Waals surface area contributed by atoms with Gasteiger partial charge in [0.2, 0.25) is 6.79 Å². The molecule has 1 amide bonds. The number of esters is 1. The Bertz CT molecular complexity index is 857. The Kier molecular flexibility index (Phi) is 4.94. The number of fused-ring (bicyclic) bond motifs is 1. The molecule has 7 heteroatoms. The minimum absolute atomic E-state index is 0.143. The van der Waals surface area contributed by atoms with Gasteiger partial charge in [0, 0.05) is 11.3 Å². The van der Waals surface area contributed by atoms with Crippen molar-refractivity contribution in [2.75, 3.05) is 19.2 Å². The van der Waals surface area contributed by atoms with E-state index in [4.69, 9.17) is 14.2 Å². The number of thioether (sulfide) groups is 1. The van der Waals surface area contributed by atoms with Crippen molar-refractivity contribution in [3.8, 4) is 11.5 Å². The number of carbonyl (C=O) groups excluding carboxylic acids is 2. The molecule has 2 aromatic rings. The summed E-state index contributed by atoms with van der Waals surface area (Å²) in [5, 5.41) is -0.251. The SMILES string of the molecule is CCOC(=O)C1CSC(c2ccccc2)N1C(=O)c1ccc2c(c1)OCO2. The number of hydrogen-bond donors (Lipinski definition) is 0. The Morgan fingerprint density at radius 3 is 2.70 bits per heavy atom. The zero-order chi connectivity index (χ0) is 18.8. The van der Waals surface area contributed by atoms with E-state index in [0.717, 1.165) is 5.56 Å². The van der Waals surface area contributed by atoms with Crippen molar-refractivity contribution in [3.63, 3.8) is 0 Å². The number of nitrogens with zero attached hydrogens (tertiary/aromatic N) is 1. The maximum absolute atomic E-state index is 13.4. The third kappa shape index (κ3) is 3.35. The van der Waals surface area contributed by atoms with Crippen LogP contribution in [0.1, 0.15) is 28.2 Å². The van der Waals surface area contributed by atoms with Crippen molar-refractivity contribution >= 4 is 23.6 Å². The summed E-state index contributed by atoms with van der Waals surface area (Å²) in [6.07, 6.45) is 0. The van der Waals surface area contributed by atoms with Gasteiger partial charge in [-0.25, -0.2) is 4.79 Å². The van der Waals surface area contributed by atoms with Gasteiger partial charge < -0.3 is 19.1 Å². The summed E-state index contributed by atoms with van der Waals surface area (Å²) in [5.41, 5.74) is 1.43. The lowest BCUT2D eigenvalue weighted by Gasteiger charge is -2.28. The van der Waals surface area contributed by atoms with E-state index in [1.54, 1.807) is 41.8 Å². The highest BCUT2D eigenvalue weighted by molar-refractivity contribution is 7.99. The molecule has 1 fully saturated rings. The molecule has 0 saturated carbocycles. The highest BCUT2D eigenvalue weighted by Gasteiger charge is 2.43. The molecular weight excluding hydrogens is 366 g/mol. The lowest BCUT2D eigenvalue weighted by Crippen LogP contribution is -2.43. The lowest BCUT2D eigenvalue weighted by atomic mass is 10.1. The van der Waals surface area contributed by atoms with Crippen molar-refractivity contribution < 1.29 is 23.8 Å². The van der Waals surface area contributed by atoms with Gasteiger partial charge in [-0.15, -0.1) is 11.8 Å². The van der Waals surface area contributed by atoms with Crippen LogP contribution in [-0.2, 0) is 9.53 Å². The summed E-state index contributed by atoms with van der Waals surface area (Å²) in [7, 11) is 0. The highest BCUT2D eigenvalue weighted by atomic mass is 32.2. The van der Waals surface area contributed by atoms with Crippen molar-refractivity contribution in [1.29, 1.82) is 0 Å². The molecule has 2 aliphatic heterocycles. The fourth-order valence-electron chi connectivity index (χ4n) is 3.23. The molecule has 140 valence electrons. The van der Waals surface area contributed by atoms with Crippen molar-refractivity contribution in [2.24, 2.45) is 0 Å². The van der Waals surface area contributed by atoms with Gasteiger partial charge in [-0.3, -0.25) is 4.79 Å². The molecule has 1 saturated heterocycles. The first kappa shape index (κ1) is 17.7. The second-order valence-electron chi connectivity index (χ2n) is 6.14. The zero-order valence-corrected chi connectivity index (χ0v) is 15.6. The minimum atomic E-state index is -0.627. The van der Waals surface area contributed by atoms with E-state index < -0.39 is 6.04 Å². The number of benzene rings is 2. The molecule has 2 heterocycles. The van der Waals surface area contributed by atoms with Crippen molar-refractivity contribution in [2.45, 2.75) is 18.3 Å². The number of hydrogen-bond acceptors (Lipinski definition) is 6. The van der Waals surface area contributed by atoms with Crippen molar-refractivity contribution in [1.82, 2.24) is 4.90 Å². The third-order valence-electron chi connectivity index (χ3n) is 4.50. The van der Waals surface area contributed by atoms with Gasteiger partial charge in [0.05, 0.1) is 6.61 Å². The van der Waals surface area contributed by atoms with Crippen LogP contribution < -0.4 is 9.47 Å². The molecule has 6 nitrogen and oxygen atoms in total. The summed E-state index contributed by atoms with van der Waals surface area (Å²) in [6, 6.07) is 14.2. The van der Waals surface area contributed by atoms with E-state index >= 15 is 0 Å². The molecule has 2 aromatic carbocycles. The Balaban J connectivity index is 1.69. The first-order valence-corrected chi connectivity index (χ1v) is 9.79. The second-order valence-corrected chi connectivity index (χ2v) is 7.26. The maximum atomic E-state index is 13.4. The molecule has 0 radical (unpaired) electrons. The predicted molar refractivity (Wildman–Crippen MR) is 101 cm³/mol. The third-order valence-corrected chi connectivity index (χ3v) is 5.82. The summed E-state index contributed by atoms with van der Waals surface area (Å²) in [5.74, 6) is 1.04. The molecule has 0 N–H and O–H groups in total. The predicted octanol–water partition coefficient (Wildman–Crippen LogP) is 3.23. The van der Waals surface area contributed by atoms with Gasteiger partial charge in [0.1, 0.15) is 11.4 Å². The molecule has 2 unspecified atom stereocenters. The first-order chi connectivity index (χ1) is 13.2. The Morgan fingerprint density at radius 2 is 1.93 bits per heavy atom. The van der Waals surface area contributed by atoms with Gasteiger partial charge in [-0.05, 0) is 30.7 Å². The standard InChI is InChI=1S/C20H19NO5S/c1-2-24-20(23)15-11-27-19(13-6-4-3-5-7-13)21(15)18(22)14-8-9-16-17(10-14)26-12-25-16/h3-10,15,19H,2,11-12H2,1H3. The fourth-order valence-corrected chi connectivity index (χ4v) is 4.64. The topological polar surface area (TPSA) is 65.1 Å². The van der Waals surface area contributed by atoms with E-state index in [2.05, 4.69) is 0 Å². The van der Waals surface area contributed by atoms with E-state index in [9.17, 15) is 9.59 Å². The molecule has 0 aromatic heterocycles. The number of amides is 1. The lowest BCUT2D eigenvalue weighted by molar-refractivity contribution is -0.147. The number of carbonyl (C=O) groups is 2. The van der Waals surface area contributed by atoms with Gasteiger partial charge >= 0.3 is 5.97 Å². The van der Waals surface area contributed by atoms with Gasteiger partial charge in [-0.2, -0.15) is 0 Å². The first-order valence-electron chi connectivity index (χ1n) is 8.74. The van der Waals surface area contributed by atoms with Gasteiger partial charge in [-0.1, -0.05) is 30.3 Å². The minimum Gasteiger partial charge on any atom is -0.464 e.